The summed E-state index contributed by atoms with van der Waals surface area (Å²) in [5.41, 5.74) is 6.78. The van der Waals surface area contributed by atoms with Crippen LogP contribution in [0.5, 0.6) is 5.75 Å². The molecule has 2 saturated carbocycles. The fraction of sp³-hybridized carbons (Fsp3) is 0.518. The van der Waals surface area contributed by atoms with Gasteiger partial charge in [0.2, 0.25) is 18.0 Å². The van der Waals surface area contributed by atoms with Crippen LogP contribution >= 0.6 is 11.3 Å². The number of carbonyl (C=O) groups excluding carboxylic acids is 4. The molecule has 16 nitrogen and oxygen atoms in total. The summed E-state index contributed by atoms with van der Waals surface area (Å²) in [6.07, 6.45) is 11.6. The minimum atomic E-state index is -0.745. The highest BCUT2D eigenvalue weighted by Gasteiger charge is 2.57. The van der Waals surface area contributed by atoms with Crippen LogP contribution in [0.2, 0.25) is 0 Å². The summed E-state index contributed by atoms with van der Waals surface area (Å²) in [6.45, 7) is 8.89. The number of hydrogen-bond donors (Lipinski definition) is 2. The van der Waals surface area contributed by atoms with E-state index in [1.165, 1.54) is 19.1 Å². The first-order valence-electron chi connectivity index (χ1n) is 26.3. The van der Waals surface area contributed by atoms with E-state index in [2.05, 4.69) is 33.4 Å². The van der Waals surface area contributed by atoms with E-state index in [4.69, 9.17) is 33.9 Å². The molecule has 0 radical (unpaired) electrons. The fourth-order valence-electron chi connectivity index (χ4n) is 12.6. The molecule has 2 N–H and O–H groups in total. The molecule has 2 aromatic carbocycles. The van der Waals surface area contributed by atoms with E-state index in [1.807, 2.05) is 62.0 Å². The summed E-state index contributed by atoms with van der Waals surface area (Å²) in [5.74, 6) is 0.385. The summed E-state index contributed by atoms with van der Waals surface area (Å²) < 4.78 is 41.9. The Bertz CT molecular complexity index is 3110. The number of piperidine rings is 1. The van der Waals surface area contributed by atoms with E-state index in [0.29, 0.717) is 73.2 Å². The lowest BCUT2D eigenvalue weighted by atomic mass is 9.82. The highest BCUT2D eigenvalue weighted by atomic mass is 32.1. The van der Waals surface area contributed by atoms with Crippen molar-refractivity contribution in [2.24, 2.45) is 27.7 Å². The van der Waals surface area contributed by atoms with Crippen molar-refractivity contribution in [3.05, 3.63) is 81.8 Å². The van der Waals surface area contributed by atoms with Gasteiger partial charge in [-0.3, -0.25) is 24.1 Å². The zero-order chi connectivity index (χ0) is 51.3. The number of thiazole rings is 1. The van der Waals surface area contributed by atoms with Crippen LogP contribution in [-0.2, 0) is 23.8 Å². The van der Waals surface area contributed by atoms with Gasteiger partial charge in [-0.25, -0.2) is 19.0 Å². The molecule has 6 aliphatic heterocycles. The van der Waals surface area contributed by atoms with E-state index >= 15 is 4.39 Å². The zero-order valence-electron chi connectivity index (χ0n) is 42.7. The normalized spacial score (nSPS) is 26.3. The van der Waals surface area contributed by atoms with Gasteiger partial charge < -0.3 is 39.4 Å². The van der Waals surface area contributed by atoms with Crippen molar-refractivity contribution in [1.82, 2.24) is 30.0 Å². The van der Waals surface area contributed by atoms with Crippen molar-refractivity contribution in [3.63, 3.8) is 0 Å². The molecule has 12 rings (SSSR count). The molecule has 4 aromatic rings. The van der Waals surface area contributed by atoms with Gasteiger partial charge >= 0.3 is 12.2 Å². The number of fused-ring (bicyclic) bond motifs is 6. The quantitative estimate of drug-likeness (QED) is 0.140. The van der Waals surface area contributed by atoms with Gasteiger partial charge in [0.1, 0.15) is 23.7 Å². The van der Waals surface area contributed by atoms with Gasteiger partial charge in [0.15, 0.2) is 5.01 Å². The Morgan fingerprint density at radius 1 is 0.878 bits per heavy atom. The second kappa shape index (κ2) is 18.8. The van der Waals surface area contributed by atoms with Gasteiger partial charge in [0, 0.05) is 72.3 Å². The van der Waals surface area contributed by atoms with Gasteiger partial charge in [0.05, 0.1) is 48.7 Å². The molecule has 2 aliphatic carbocycles. The van der Waals surface area contributed by atoms with Crippen molar-refractivity contribution in [3.8, 4) is 17.0 Å². The molecule has 4 amide bonds. The first-order valence-corrected chi connectivity index (χ1v) is 27.1. The van der Waals surface area contributed by atoms with E-state index in [1.54, 1.807) is 23.6 Å². The smallest absolute Gasteiger partial charge is 0.407 e. The van der Waals surface area contributed by atoms with Crippen molar-refractivity contribution in [2.45, 2.75) is 140 Å². The number of likely N-dealkylation sites (tertiary alicyclic amines) is 2. The molecule has 4 unspecified atom stereocenters. The van der Waals surface area contributed by atoms with E-state index in [0.717, 1.165) is 82.6 Å². The molecular formula is C56H63FN8O8S. The van der Waals surface area contributed by atoms with Gasteiger partial charge in [-0.1, -0.05) is 19.9 Å². The van der Waals surface area contributed by atoms with Crippen LogP contribution in [0.15, 0.2) is 65.0 Å². The zero-order valence-corrected chi connectivity index (χ0v) is 43.5. The number of carbonyl (C=O) groups is 4. The number of methoxy groups -OCH3 is 2. The monoisotopic (exact) mass is 1030 g/mol. The number of nitrogens with one attached hydrogen (secondary N) is 2. The molecule has 8 aliphatic rings. The molecule has 74 heavy (non-hydrogen) atoms. The third-order valence-corrected chi connectivity index (χ3v) is 17.8. The number of aromatic nitrogens is 2. The number of rotatable bonds is 12. The van der Waals surface area contributed by atoms with Crippen LogP contribution in [0.3, 0.4) is 0 Å². The van der Waals surface area contributed by atoms with Crippen molar-refractivity contribution < 1.29 is 42.5 Å². The first kappa shape index (κ1) is 48.5. The summed E-state index contributed by atoms with van der Waals surface area (Å²) in [6, 6.07) is 10.0. The Morgan fingerprint density at radius 3 is 2.35 bits per heavy atom. The maximum atomic E-state index is 17.1. The summed E-state index contributed by atoms with van der Waals surface area (Å²) >= 11 is 1.65. The van der Waals surface area contributed by atoms with Crippen molar-refractivity contribution >= 4 is 68.8 Å². The Kier molecular flexibility index (Phi) is 12.3. The Hall–Kier alpha value is -6.40. The topological polar surface area (TPSA) is 178 Å². The summed E-state index contributed by atoms with van der Waals surface area (Å²) in [7, 11) is 2.60. The largest absolute Gasteiger partial charge is 0.462 e. The predicted octanol–water partition coefficient (Wildman–Crippen LogP) is 9.38. The third kappa shape index (κ3) is 8.78. The highest BCUT2D eigenvalue weighted by molar-refractivity contribution is 7.11. The first-order chi connectivity index (χ1) is 35.7. The van der Waals surface area contributed by atoms with E-state index < -0.39 is 41.9 Å². The number of halogens is 1. The minimum Gasteiger partial charge on any atom is -0.462 e. The molecule has 18 heteroatoms. The molecular weight excluding hydrogens is 964 g/mol. The van der Waals surface area contributed by atoms with Gasteiger partial charge in [0.25, 0.3) is 0 Å². The molecule has 3 saturated heterocycles. The number of benzene rings is 2. The Morgan fingerprint density at radius 2 is 1.62 bits per heavy atom. The number of amides is 4. The number of allylic oxidation sites excluding steroid dienone is 2. The number of alkyl carbamates (subject to hydrolysis) is 2. The SMILES string of the molecule is COC(=O)NC(C(=O)N1[C@@H]2CC2C[C@H]1C1=NC=C(c2ccc3c(c2)cc2n3C(c3ncc(C4CC4)s3)Oc3cc(C4=CN=C([C@@H]5CCCN5C(=O)[C@@H](NC(=O)OC)C(C)C)C4)cc(F)c3-2)C1)C1CCOC(C)(C)C1. The second-order valence-electron chi connectivity index (χ2n) is 22.3. The molecule has 0 bridgehead atoms. The van der Waals surface area contributed by atoms with Gasteiger partial charge in [-0.15, -0.1) is 11.3 Å². The maximum absolute atomic E-state index is 17.1. The molecule has 2 aromatic heterocycles. The average Bonchev–Trinajstić information content (AvgIpc) is 3.84. The molecule has 0 spiro atoms. The standard InChI is InChI=1S/C56H63FN8O8S/c1-28(2)48(61-54(68)70-5)51(66)63-14-7-8-41(63)38-19-36(26-58-38)32-17-37(57)47-44-22-33-16-30(11-12-40(33)65(44)53(73-45(47)23-32)50-60-27-46(74-50)29-9-10-29)35-18-39(59-25-35)43-21-34-20-42(34)64(43)52(67)49(62-55(69)71-6)31-13-15-72-56(3,4)24-31/h11-12,16-17,22-23,25-29,31,34,41-43,48-49,53H,7-10,13-15,18-21,24H2,1-6H3,(H,61,68)(H,62,69)/t31?,34?,41-,42+,43-,48-,49?,53?/m0/s1. The number of nitrogens with zero attached hydrogens (tertiary/aromatic N) is 6. The summed E-state index contributed by atoms with van der Waals surface area (Å²) in [4.78, 5) is 73.3. The van der Waals surface area contributed by atoms with Crippen LogP contribution in [0.25, 0.3) is 33.3 Å². The lowest BCUT2D eigenvalue weighted by Gasteiger charge is -2.40. The maximum Gasteiger partial charge on any atom is 0.407 e. The number of hydrogen-bond acceptors (Lipinski definition) is 12. The van der Waals surface area contributed by atoms with Crippen LogP contribution in [0.1, 0.15) is 125 Å². The van der Waals surface area contributed by atoms with Gasteiger partial charge in [-0.05, 0) is 141 Å². The second-order valence-corrected chi connectivity index (χ2v) is 23.4. The van der Waals surface area contributed by atoms with Crippen LogP contribution in [0, 0.1) is 23.6 Å². The van der Waals surface area contributed by atoms with Crippen LogP contribution in [-0.4, -0.2) is 118 Å². The fourth-order valence-corrected chi connectivity index (χ4v) is 13.7. The lowest BCUT2D eigenvalue weighted by Crippen LogP contribution is -2.57. The molecule has 8 atom stereocenters. The molecule has 5 fully saturated rings. The van der Waals surface area contributed by atoms with Crippen LogP contribution in [0.4, 0.5) is 14.0 Å². The average molecular weight is 1030 g/mol. The van der Waals surface area contributed by atoms with Crippen molar-refractivity contribution in [2.75, 3.05) is 27.4 Å². The van der Waals surface area contributed by atoms with E-state index in [9.17, 15) is 19.2 Å². The summed E-state index contributed by atoms with van der Waals surface area (Å²) in [5, 5.41) is 7.34. The molecule has 388 valence electrons. The Balaban J connectivity index is 0.805. The predicted molar refractivity (Wildman–Crippen MR) is 278 cm³/mol. The number of aliphatic imine (C=N–C) groups is 2. The lowest BCUT2D eigenvalue weighted by molar-refractivity contribution is -0.139. The van der Waals surface area contributed by atoms with Crippen LogP contribution < -0.4 is 15.4 Å². The minimum absolute atomic E-state index is 0.0830. The highest BCUT2D eigenvalue weighted by Crippen LogP contribution is 2.52. The van der Waals surface area contributed by atoms with Crippen molar-refractivity contribution in [1.29, 1.82) is 0 Å². The molecule has 8 heterocycles. The number of ether oxygens (including phenoxy) is 4. The van der Waals surface area contributed by atoms with Gasteiger partial charge in [-0.2, -0.15) is 0 Å². The Labute approximate surface area is 433 Å². The third-order valence-electron chi connectivity index (χ3n) is 16.6. The van der Waals surface area contributed by atoms with E-state index in [-0.39, 0.29) is 41.8 Å².